The van der Waals surface area contributed by atoms with Crippen molar-refractivity contribution in [1.29, 1.82) is 0 Å². The van der Waals surface area contributed by atoms with E-state index in [0.717, 1.165) is 25.8 Å². The molecule has 2 N–H and O–H groups in total. The second-order valence-electron chi connectivity index (χ2n) is 4.86. The number of nitrogens with zero attached hydrogens (tertiary/aromatic N) is 1. The minimum absolute atomic E-state index is 0.0290. The van der Waals surface area contributed by atoms with Gasteiger partial charge in [-0.3, -0.25) is 9.59 Å². The third-order valence-electron chi connectivity index (χ3n) is 3.31. The zero-order valence-corrected chi connectivity index (χ0v) is 11.9. The van der Waals surface area contributed by atoms with E-state index in [9.17, 15) is 9.59 Å². The van der Waals surface area contributed by atoms with E-state index < -0.39 is 0 Å². The summed E-state index contributed by atoms with van der Waals surface area (Å²) in [7, 11) is 3.40. The molecule has 1 aliphatic heterocycles. The van der Waals surface area contributed by atoms with Crippen LogP contribution in [0.15, 0.2) is 0 Å². The average Bonchev–Trinajstić information content (AvgIpc) is 2.40. The van der Waals surface area contributed by atoms with Gasteiger partial charge in [-0.2, -0.15) is 0 Å². The van der Waals surface area contributed by atoms with Crippen molar-refractivity contribution in [3.05, 3.63) is 0 Å². The molecule has 1 rings (SSSR count). The van der Waals surface area contributed by atoms with Gasteiger partial charge in [0.2, 0.25) is 11.8 Å². The van der Waals surface area contributed by atoms with Gasteiger partial charge in [0.15, 0.2) is 0 Å². The molecule has 0 bridgehead atoms. The molecule has 0 radical (unpaired) electrons. The summed E-state index contributed by atoms with van der Waals surface area (Å²) in [5, 5.41) is 6.05. The first-order valence-corrected chi connectivity index (χ1v) is 6.88. The van der Waals surface area contributed by atoms with Crippen molar-refractivity contribution in [2.45, 2.75) is 31.7 Å². The molecular weight excluding hydrogens is 246 g/mol. The van der Waals surface area contributed by atoms with Crippen LogP contribution in [0.25, 0.3) is 0 Å². The maximum Gasteiger partial charge on any atom is 0.248 e. The lowest BCUT2D eigenvalue weighted by atomic mass is 10.0. The van der Waals surface area contributed by atoms with Crippen molar-refractivity contribution in [2.24, 2.45) is 0 Å². The molecule has 0 saturated carbocycles. The van der Waals surface area contributed by atoms with E-state index in [0.29, 0.717) is 19.5 Å². The monoisotopic (exact) mass is 271 g/mol. The number of carbonyl (C=O) groups is 2. The van der Waals surface area contributed by atoms with Crippen molar-refractivity contribution in [2.75, 3.05) is 40.4 Å². The summed E-state index contributed by atoms with van der Waals surface area (Å²) < 4.78 is 4.84. The number of hydrogen-bond donors (Lipinski definition) is 2. The Morgan fingerprint density at radius 1 is 1.32 bits per heavy atom. The van der Waals surface area contributed by atoms with Crippen LogP contribution in [-0.2, 0) is 14.3 Å². The Hall–Kier alpha value is -1.14. The van der Waals surface area contributed by atoms with Crippen LogP contribution >= 0.6 is 0 Å². The molecule has 0 aromatic carbocycles. The van der Waals surface area contributed by atoms with E-state index >= 15 is 0 Å². The largest absolute Gasteiger partial charge is 0.375 e. The molecule has 1 fully saturated rings. The molecule has 0 aliphatic carbocycles. The van der Waals surface area contributed by atoms with Crippen molar-refractivity contribution in [1.82, 2.24) is 15.5 Å². The van der Waals surface area contributed by atoms with E-state index in [4.69, 9.17) is 4.74 Å². The Morgan fingerprint density at radius 3 is 2.58 bits per heavy atom. The molecule has 0 unspecified atom stereocenters. The topological polar surface area (TPSA) is 70.7 Å². The van der Waals surface area contributed by atoms with Gasteiger partial charge in [0.25, 0.3) is 0 Å². The van der Waals surface area contributed by atoms with Crippen LogP contribution in [0.2, 0.25) is 0 Å². The fourth-order valence-electron chi connectivity index (χ4n) is 2.21. The molecule has 0 aromatic rings. The van der Waals surface area contributed by atoms with Gasteiger partial charge in [-0.25, -0.2) is 0 Å². The first-order valence-electron chi connectivity index (χ1n) is 6.88. The summed E-state index contributed by atoms with van der Waals surface area (Å²) in [6, 6.07) is 0.202. The molecule has 110 valence electrons. The fourth-order valence-corrected chi connectivity index (χ4v) is 2.21. The SMILES string of the molecule is CNCCCC(=O)NC1CCN(C(=O)COC)CC1. The van der Waals surface area contributed by atoms with Crippen LogP contribution in [0.4, 0.5) is 0 Å². The minimum Gasteiger partial charge on any atom is -0.375 e. The highest BCUT2D eigenvalue weighted by Gasteiger charge is 2.23. The summed E-state index contributed by atoms with van der Waals surface area (Å²) >= 11 is 0. The Morgan fingerprint density at radius 2 is 2.00 bits per heavy atom. The molecule has 1 heterocycles. The normalized spacial score (nSPS) is 16.4. The van der Waals surface area contributed by atoms with Crippen LogP contribution in [0, 0.1) is 0 Å². The maximum atomic E-state index is 11.7. The second kappa shape index (κ2) is 8.87. The summed E-state index contributed by atoms with van der Waals surface area (Å²) in [4.78, 5) is 25.1. The summed E-state index contributed by atoms with van der Waals surface area (Å²) in [6.45, 7) is 2.39. The van der Waals surface area contributed by atoms with E-state index in [-0.39, 0.29) is 24.5 Å². The molecular formula is C13H25N3O3. The molecule has 2 amide bonds. The van der Waals surface area contributed by atoms with Gasteiger partial charge >= 0.3 is 0 Å². The Balaban J connectivity index is 2.19. The predicted molar refractivity (Wildman–Crippen MR) is 72.8 cm³/mol. The summed E-state index contributed by atoms with van der Waals surface area (Å²) in [5.74, 6) is 0.137. The molecule has 6 heteroatoms. The molecule has 1 saturated heterocycles. The quantitative estimate of drug-likeness (QED) is 0.626. The molecule has 19 heavy (non-hydrogen) atoms. The predicted octanol–water partition coefficient (Wildman–Crippen LogP) is -0.260. The van der Waals surface area contributed by atoms with Gasteiger partial charge in [0.1, 0.15) is 6.61 Å². The average molecular weight is 271 g/mol. The first-order chi connectivity index (χ1) is 9.17. The first kappa shape index (κ1) is 15.9. The third-order valence-corrected chi connectivity index (χ3v) is 3.31. The van der Waals surface area contributed by atoms with Crippen molar-refractivity contribution in [3.63, 3.8) is 0 Å². The molecule has 0 atom stereocenters. The van der Waals surface area contributed by atoms with Gasteiger partial charge in [0.05, 0.1) is 0 Å². The standard InChI is InChI=1S/C13H25N3O3/c1-14-7-3-4-12(17)15-11-5-8-16(9-6-11)13(18)10-19-2/h11,14H,3-10H2,1-2H3,(H,15,17). The van der Waals surface area contributed by atoms with E-state index in [1.165, 1.54) is 7.11 Å². The Bertz CT molecular complexity index is 289. The zero-order valence-electron chi connectivity index (χ0n) is 11.9. The number of ether oxygens (including phenoxy) is 1. The van der Waals surface area contributed by atoms with Crippen LogP contribution in [0.5, 0.6) is 0 Å². The number of likely N-dealkylation sites (tertiary alicyclic amines) is 1. The highest BCUT2D eigenvalue weighted by molar-refractivity contribution is 5.78. The lowest BCUT2D eigenvalue weighted by molar-refractivity contribution is -0.136. The third kappa shape index (κ3) is 6.02. The van der Waals surface area contributed by atoms with Crippen LogP contribution in [-0.4, -0.2) is 63.2 Å². The van der Waals surface area contributed by atoms with Gasteiger partial charge in [-0.1, -0.05) is 0 Å². The van der Waals surface area contributed by atoms with Crippen LogP contribution < -0.4 is 10.6 Å². The lowest BCUT2D eigenvalue weighted by Gasteiger charge is -2.32. The zero-order chi connectivity index (χ0) is 14.1. The summed E-state index contributed by atoms with van der Waals surface area (Å²) in [5.41, 5.74) is 0. The minimum atomic E-state index is 0.0290. The van der Waals surface area contributed by atoms with Crippen molar-refractivity contribution < 1.29 is 14.3 Å². The highest BCUT2D eigenvalue weighted by atomic mass is 16.5. The van der Waals surface area contributed by atoms with E-state index in [1.54, 1.807) is 4.90 Å². The number of hydrogen-bond acceptors (Lipinski definition) is 4. The van der Waals surface area contributed by atoms with Crippen molar-refractivity contribution in [3.8, 4) is 0 Å². The lowest BCUT2D eigenvalue weighted by Crippen LogP contribution is -2.47. The molecule has 0 aromatic heterocycles. The number of piperidine rings is 1. The number of rotatable bonds is 7. The van der Waals surface area contributed by atoms with Crippen LogP contribution in [0.1, 0.15) is 25.7 Å². The van der Waals surface area contributed by atoms with Crippen molar-refractivity contribution >= 4 is 11.8 Å². The van der Waals surface area contributed by atoms with Crippen LogP contribution in [0.3, 0.4) is 0 Å². The Labute approximate surface area is 114 Å². The highest BCUT2D eigenvalue weighted by Crippen LogP contribution is 2.10. The molecule has 0 spiro atoms. The maximum absolute atomic E-state index is 11.7. The fraction of sp³-hybridized carbons (Fsp3) is 0.846. The molecule has 1 aliphatic rings. The number of methoxy groups -OCH3 is 1. The number of nitrogens with one attached hydrogen (secondary N) is 2. The van der Waals surface area contributed by atoms with E-state index in [2.05, 4.69) is 10.6 Å². The van der Waals surface area contributed by atoms with Gasteiger partial charge in [0, 0.05) is 32.7 Å². The number of amides is 2. The van der Waals surface area contributed by atoms with Gasteiger partial charge in [-0.05, 0) is 32.9 Å². The molecule has 6 nitrogen and oxygen atoms in total. The van der Waals surface area contributed by atoms with Gasteiger partial charge < -0.3 is 20.3 Å². The smallest absolute Gasteiger partial charge is 0.248 e. The second-order valence-corrected chi connectivity index (χ2v) is 4.86. The summed E-state index contributed by atoms with van der Waals surface area (Å²) in [6.07, 6.45) is 3.07. The number of carbonyl (C=O) groups excluding carboxylic acids is 2. The van der Waals surface area contributed by atoms with E-state index in [1.807, 2.05) is 7.05 Å². The van der Waals surface area contributed by atoms with Gasteiger partial charge in [-0.15, -0.1) is 0 Å². The Kier molecular flexibility index (Phi) is 7.43.